The van der Waals surface area contributed by atoms with Crippen LogP contribution in [0.2, 0.25) is 0 Å². The van der Waals surface area contributed by atoms with Crippen molar-refractivity contribution in [1.82, 2.24) is 0 Å². The summed E-state index contributed by atoms with van der Waals surface area (Å²) in [6.45, 7) is 4.47. The first-order chi connectivity index (χ1) is 3.81. The minimum atomic E-state index is -2.14. The van der Waals surface area contributed by atoms with Gasteiger partial charge in [-0.3, -0.25) is 4.57 Å². The second-order valence-corrected chi connectivity index (χ2v) is 2.19. The molecular formula is C4H12ClO3P. The lowest BCUT2D eigenvalue weighted by molar-refractivity contribution is 0.243. The highest BCUT2D eigenvalue weighted by Gasteiger charge is 1.91. The molecule has 0 aromatic carbocycles. The largest absolute Gasteiger partial charge is 0.319 e. The number of hydrogen-bond donors (Lipinski definition) is 0. The van der Waals surface area contributed by atoms with Gasteiger partial charge >= 0.3 is 8.25 Å². The summed E-state index contributed by atoms with van der Waals surface area (Å²) in [7, 11) is -2.14. The fourth-order valence-corrected chi connectivity index (χ4v) is 0.832. The molecular weight excluding hydrogens is 162 g/mol. The third kappa shape index (κ3) is 8.44. The lowest BCUT2D eigenvalue weighted by Gasteiger charge is -1.97. The molecule has 0 atom stereocenters. The number of halogens is 1. The molecule has 0 aliphatic heterocycles. The highest BCUT2D eigenvalue weighted by atomic mass is 35.5. The lowest BCUT2D eigenvalue weighted by Crippen LogP contribution is -1.81. The molecule has 0 saturated heterocycles. The standard InChI is InChI=1S/C4H11O3P.ClH/c1-3-6-8(5)7-4-2;/h8H,3-4H2,1-2H3;1H. The molecule has 0 radical (unpaired) electrons. The SMILES string of the molecule is CCO[PH](=O)OCC.Cl. The summed E-state index contributed by atoms with van der Waals surface area (Å²) in [5, 5.41) is 0. The summed E-state index contributed by atoms with van der Waals surface area (Å²) < 4.78 is 19.6. The maximum absolute atomic E-state index is 10.4. The van der Waals surface area contributed by atoms with Crippen LogP contribution in [0.3, 0.4) is 0 Å². The Morgan fingerprint density at radius 1 is 1.22 bits per heavy atom. The van der Waals surface area contributed by atoms with Crippen molar-refractivity contribution in [3.05, 3.63) is 0 Å². The summed E-state index contributed by atoms with van der Waals surface area (Å²) in [6, 6.07) is 0. The molecule has 0 rings (SSSR count). The molecule has 3 nitrogen and oxygen atoms in total. The van der Waals surface area contributed by atoms with Gasteiger partial charge < -0.3 is 9.05 Å². The summed E-state index contributed by atoms with van der Waals surface area (Å²) in [5.41, 5.74) is 0. The van der Waals surface area contributed by atoms with E-state index in [1.807, 2.05) is 0 Å². The van der Waals surface area contributed by atoms with E-state index in [-0.39, 0.29) is 12.4 Å². The van der Waals surface area contributed by atoms with Crippen LogP contribution in [-0.4, -0.2) is 13.2 Å². The minimum absolute atomic E-state index is 0. The zero-order chi connectivity index (χ0) is 6.41. The Bertz CT molecular complexity index is 70.2. The van der Waals surface area contributed by atoms with Crippen LogP contribution in [0, 0.1) is 0 Å². The molecule has 0 aromatic rings. The maximum Gasteiger partial charge on any atom is 0.319 e. The van der Waals surface area contributed by atoms with E-state index >= 15 is 0 Å². The number of hydrogen-bond acceptors (Lipinski definition) is 3. The van der Waals surface area contributed by atoms with Gasteiger partial charge in [0, 0.05) is 0 Å². The fraction of sp³-hybridized carbons (Fsp3) is 1.00. The first-order valence-electron chi connectivity index (χ1n) is 2.60. The molecule has 0 fully saturated rings. The van der Waals surface area contributed by atoms with Gasteiger partial charge in [0.1, 0.15) is 0 Å². The Balaban J connectivity index is 0. The fourth-order valence-electron chi connectivity index (χ4n) is 0.277. The van der Waals surface area contributed by atoms with Gasteiger partial charge in [0.2, 0.25) is 0 Å². The molecule has 0 aliphatic carbocycles. The molecule has 0 spiro atoms. The van der Waals surface area contributed by atoms with Crippen LogP contribution < -0.4 is 0 Å². The van der Waals surface area contributed by atoms with E-state index in [9.17, 15) is 4.57 Å². The van der Waals surface area contributed by atoms with Crippen LogP contribution in [0.15, 0.2) is 0 Å². The first-order valence-corrected chi connectivity index (χ1v) is 3.83. The quantitative estimate of drug-likeness (QED) is 0.611. The van der Waals surface area contributed by atoms with Gasteiger partial charge in [0.25, 0.3) is 0 Å². The second kappa shape index (κ2) is 8.44. The van der Waals surface area contributed by atoms with Crippen LogP contribution in [-0.2, 0) is 13.6 Å². The van der Waals surface area contributed by atoms with Gasteiger partial charge in [0.15, 0.2) is 0 Å². The molecule has 0 heterocycles. The molecule has 0 bridgehead atoms. The van der Waals surface area contributed by atoms with E-state index in [2.05, 4.69) is 9.05 Å². The van der Waals surface area contributed by atoms with Crippen LogP contribution in [0.4, 0.5) is 0 Å². The summed E-state index contributed by atoms with van der Waals surface area (Å²) in [4.78, 5) is 0. The summed E-state index contributed by atoms with van der Waals surface area (Å²) in [6.07, 6.45) is 0. The van der Waals surface area contributed by atoms with Gasteiger partial charge in [-0.05, 0) is 13.8 Å². The zero-order valence-corrected chi connectivity index (χ0v) is 7.36. The average Bonchev–Trinajstić information content (AvgIpc) is 1.68. The van der Waals surface area contributed by atoms with Crippen molar-refractivity contribution in [1.29, 1.82) is 0 Å². The molecule has 58 valence electrons. The Kier molecular flexibility index (Phi) is 11.4. The maximum atomic E-state index is 10.4. The predicted octanol–water partition coefficient (Wildman–Crippen LogP) is 1.87. The van der Waals surface area contributed by atoms with Crippen molar-refractivity contribution in [2.45, 2.75) is 13.8 Å². The van der Waals surface area contributed by atoms with Gasteiger partial charge in [-0.1, -0.05) is 0 Å². The normalized spacial score (nSPS) is 9.22. The van der Waals surface area contributed by atoms with Gasteiger partial charge in [-0.15, -0.1) is 12.4 Å². The molecule has 0 unspecified atom stereocenters. The molecule has 0 aromatic heterocycles. The zero-order valence-electron chi connectivity index (χ0n) is 5.55. The topological polar surface area (TPSA) is 35.5 Å². The van der Waals surface area contributed by atoms with Crippen molar-refractivity contribution in [3.8, 4) is 0 Å². The Morgan fingerprint density at radius 2 is 1.56 bits per heavy atom. The Hall–Kier alpha value is 0.440. The summed E-state index contributed by atoms with van der Waals surface area (Å²) in [5.74, 6) is 0. The Morgan fingerprint density at radius 3 is 1.78 bits per heavy atom. The average molecular weight is 175 g/mol. The predicted molar refractivity (Wildman–Crippen MR) is 39.5 cm³/mol. The summed E-state index contributed by atoms with van der Waals surface area (Å²) >= 11 is 0. The van der Waals surface area contributed by atoms with Crippen LogP contribution in [0.25, 0.3) is 0 Å². The molecule has 0 saturated carbocycles. The van der Waals surface area contributed by atoms with E-state index in [1.165, 1.54) is 0 Å². The minimum Gasteiger partial charge on any atom is -0.311 e. The highest BCUT2D eigenvalue weighted by Crippen LogP contribution is 2.21. The second-order valence-electron chi connectivity index (χ2n) is 1.12. The van der Waals surface area contributed by atoms with Gasteiger partial charge in [-0.25, -0.2) is 0 Å². The van der Waals surface area contributed by atoms with E-state index in [0.29, 0.717) is 13.2 Å². The monoisotopic (exact) mass is 174 g/mol. The first kappa shape index (κ1) is 12.1. The van der Waals surface area contributed by atoms with E-state index < -0.39 is 8.25 Å². The molecule has 0 aliphatic rings. The number of rotatable bonds is 4. The van der Waals surface area contributed by atoms with Gasteiger partial charge in [0.05, 0.1) is 13.2 Å². The van der Waals surface area contributed by atoms with Crippen molar-refractivity contribution >= 4 is 20.7 Å². The molecule has 5 heteroatoms. The Labute approximate surface area is 62.1 Å². The van der Waals surface area contributed by atoms with Crippen molar-refractivity contribution in [3.63, 3.8) is 0 Å². The van der Waals surface area contributed by atoms with Crippen molar-refractivity contribution in [2.24, 2.45) is 0 Å². The van der Waals surface area contributed by atoms with Crippen molar-refractivity contribution in [2.75, 3.05) is 13.2 Å². The van der Waals surface area contributed by atoms with Gasteiger partial charge in [-0.2, -0.15) is 0 Å². The molecule has 0 N–H and O–H groups in total. The third-order valence-electron chi connectivity index (χ3n) is 0.524. The smallest absolute Gasteiger partial charge is 0.311 e. The molecule has 0 amide bonds. The van der Waals surface area contributed by atoms with E-state index in [0.717, 1.165) is 0 Å². The third-order valence-corrected chi connectivity index (χ3v) is 1.57. The lowest BCUT2D eigenvalue weighted by atomic mass is 10.9. The molecule has 9 heavy (non-hydrogen) atoms. The van der Waals surface area contributed by atoms with Crippen molar-refractivity contribution < 1.29 is 13.6 Å². The highest BCUT2D eigenvalue weighted by molar-refractivity contribution is 7.33. The van der Waals surface area contributed by atoms with E-state index in [4.69, 9.17) is 0 Å². The van der Waals surface area contributed by atoms with Crippen LogP contribution in [0.1, 0.15) is 13.8 Å². The van der Waals surface area contributed by atoms with E-state index in [1.54, 1.807) is 13.8 Å². The van der Waals surface area contributed by atoms with Crippen LogP contribution in [0.5, 0.6) is 0 Å². The van der Waals surface area contributed by atoms with Crippen LogP contribution >= 0.6 is 20.7 Å².